The molecule has 0 spiro atoms. The highest BCUT2D eigenvalue weighted by molar-refractivity contribution is 5.92. The molecule has 0 unspecified atom stereocenters. The monoisotopic (exact) mass is 403 g/mol. The Balaban J connectivity index is 1.71. The minimum Gasteiger partial charge on any atom is -0.354 e. The third-order valence-electron chi connectivity index (χ3n) is 6.43. The lowest BCUT2D eigenvalue weighted by Gasteiger charge is -2.32. The fourth-order valence-electron chi connectivity index (χ4n) is 4.98. The first-order valence-electron chi connectivity index (χ1n) is 11.3. The maximum atomic E-state index is 12.0. The van der Waals surface area contributed by atoms with Gasteiger partial charge in [-0.2, -0.15) is 0 Å². The third kappa shape index (κ3) is 3.88. The normalized spacial score (nSPS) is 15.3. The number of aryl methyl sites for hydroxylation is 2. The van der Waals surface area contributed by atoms with Crippen molar-refractivity contribution >= 4 is 16.8 Å². The fraction of sp³-hybridized carbons (Fsp3) is 0.462. The molecule has 0 bridgehead atoms. The number of carbonyl (C=O) groups is 1. The highest BCUT2D eigenvalue weighted by atomic mass is 16.2. The van der Waals surface area contributed by atoms with Crippen LogP contribution in [-0.2, 0) is 4.79 Å². The number of H-pyrrole nitrogens is 1. The van der Waals surface area contributed by atoms with Crippen LogP contribution in [-0.4, -0.2) is 33.9 Å². The van der Waals surface area contributed by atoms with Crippen LogP contribution in [0.2, 0.25) is 0 Å². The number of piperidine rings is 1. The summed E-state index contributed by atoms with van der Waals surface area (Å²) in [5.41, 5.74) is 8.51. The average molecular weight is 404 g/mol. The minimum atomic E-state index is 0.282. The molecule has 0 saturated carbocycles. The molecule has 1 fully saturated rings. The SMILES string of the molecule is CCC(=O)N1CCC(c2ccc3[nH]c(-c4cc(C)nc(C)c4)c(C(C)C)c3c2)CC1. The number of nitrogens with one attached hydrogen (secondary N) is 1. The van der Waals surface area contributed by atoms with Gasteiger partial charge < -0.3 is 9.88 Å². The van der Waals surface area contributed by atoms with E-state index in [0.717, 1.165) is 37.3 Å². The smallest absolute Gasteiger partial charge is 0.222 e. The zero-order valence-corrected chi connectivity index (χ0v) is 18.9. The number of fused-ring (bicyclic) bond motifs is 1. The van der Waals surface area contributed by atoms with Gasteiger partial charge in [-0.3, -0.25) is 9.78 Å². The highest BCUT2D eigenvalue weighted by Crippen LogP contribution is 2.38. The van der Waals surface area contributed by atoms with E-state index >= 15 is 0 Å². The zero-order valence-electron chi connectivity index (χ0n) is 18.9. The lowest BCUT2D eigenvalue weighted by Crippen LogP contribution is -2.37. The summed E-state index contributed by atoms with van der Waals surface area (Å²) >= 11 is 0. The van der Waals surface area contributed by atoms with E-state index in [4.69, 9.17) is 0 Å². The molecule has 3 aromatic rings. The maximum absolute atomic E-state index is 12.0. The lowest BCUT2D eigenvalue weighted by molar-refractivity contribution is -0.131. The fourth-order valence-corrected chi connectivity index (χ4v) is 4.98. The number of benzene rings is 1. The quantitative estimate of drug-likeness (QED) is 0.573. The molecule has 0 aliphatic carbocycles. The van der Waals surface area contributed by atoms with Crippen molar-refractivity contribution in [1.29, 1.82) is 0 Å². The molecule has 30 heavy (non-hydrogen) atoms. The molecule has 1 amide bonds. The van der Waals surface area contributed by atoms with Crippen LogP contribution in [0.25, 0.3) is 22.2 Å². The van der Waals surface area contributed by atoms with Crippen LogP contribution in [0.1, 0.15) is 74.4 Å². The molecule has 0 radical (unpaired) electrons. The summed E-state index contributed by atoms with van der Waals surface area (Å²) in [5.74, 6) is 1.23. The molecular formula is C26H33N3O. The Hall–Kier alpha value is -2.62. The van der Waals surface area contributed by atoms with Crippen molar-refractivity contribution in [1.82, 2.24) is 14.9 Å². The number of likely N-dealkylation sites (tertiary alicyclic amines) is 1. The van der Waals surface area contributed by atoms with Gasteiger partial charge in [0.05, 0.1) is 5.69 Å². The van der Waals surface area contributed by atoms with E-state index in [1.807, 2.05) is 11.8 Å². The first-order valence-corrected chi connectivity index (χ1v) is 11.3. The van der Waals surface area contributed by atoms with Gasteiger partial charge in [-0.25, -0.2) is 0 Å². The van der Waals surface area contributed by atoms with Gasteiger partial charge in [0.2, 0.25) is 5.91 Å². The molecule has 1 N–H and O–H groups in total. The van der Waals surface area contributed by atoms with Crippen molar-refractivity contribution in [2.24, 2.45) is 0 Å². The average Bonchev–Trinajstić information content (AvgIpc) is 3.11. The summed E-state index contributed by atoms with van der Waals surface area (Å²) in [7, 11) is 0. The number of hydrogen-bond acceptors (Lipinski definition) is 2. The van der Waals surface area contributed by atoms with E-state index in [2.05, 4.69) is 68.0 Å². The second-order valence-electron chi connectivity index (χ2n) is 9.02. The second kappa shape index (κ2) is 8.25. The van der Waals surface area contributed by atoms with Gasteiger partial charge in [0.15, 0.2) is 0 Å². The summed E-state index contributed by atoms with van der Waals surface area (Å²) in [4.78, 5) is 22.3. The van der Waals surface area contributed by atoms with Crippen LogP contribution in [0, 0.1) is 13.8 Å². The molecule has 1 saturated heterocycles. The van der Waals surface area contributed by atoms with Crippen molar-refractivity contribution in [3.63, 3.8) is 0 Å². The number of aromatic nitrogens is 2. The number of carbonyl (C=O) groups excluding carboxylic acids is 1. The molecule has 4 nitrogen and oxygen atoms in total. The predicted octanol–water partition coefficient (Wildman–Crippen LogP) is 6.09. The number of rotatable bonds is 4. The van der Waals surface area contributed by atoms with Gasteiger partial charge in [-0.05, 0) is 73.9 Å². The van der Waals surface area contributed by atoms with Crippen molar-refractivity contribution in [2.75, 3.05) is 13.1 Å². The number of nitrogens with zero attached hydrogens (tertiary/aromatic N) is 2. The van der Waals surface area contributed by atoms with E-state index in [-0.39, 0.29) is 5.91 Å². The Kier molecular flexibility index (Phi) is 5.68. The molecule has 1 aliphatic rings. The van der Waals surface area contributed by atoms with Gasteiger partial charge in [0.25, 0.3) is 0 Å². The summed E-state index contributed by atoms with van der Waals surface area (Å²) in [6.07, 6.45) is 2.71. The van der Waals surface area contributed by atoms with Crippen molar-refractivity contribution < 1.29 is 4.79 Å². The Morgan fingerprint density at radius 2 is 1.80 bits per heavy atom. The Labute approximate surface area is 179 Å². The molecule has 1 aromatic carbocycles. The molecule has 158 valence electrons. The van der Waals surface area contributed by atoms with Crippen LogP contribution >= 0.6 is 0 Å². The van der Waals surface area contributed by atoms with Crippen LogP contribution in [0.4, 0.5) is 0 Å². The lowest BCUT2D eigenvalue weighted by atomic mass is 9.87. The summed E-state index contributed by atoms with van der Waals surface area (Å²) in [5, 5.41) is 1.33. The molecule has 4 heteroatoms. The topological polar surface area (TPSA) is 49.0 Å². The molecule has 2 aromatic heterocycles. The van der Waals surface area contributed by atoms with Crippen molar-refractivity contribution in [3.8, 4) is 11.3 Å². The highest BCUT2D eigenvalue weighted by Gasteiger charge is 2.24. The van der Waals surface area contributed by atoms with E-state index in [1.165, 1.54) is 33.3 Å². The number of amides is 1. The number of pyridine rings is 1. The van der Waals surface area contributed by atoms with Gasteiger partial charge in [-0.15, -0.1) is 0 Å². The van der Waals surface area contributed by atoms with Crippen LogP contribution in [0.15, 0.2) is 30.3 Å². The van der Waals surface area contributed by atoms with Gasteiger partial charge in [0, 0.05) is 47.4 Å². The van der Waals surface area contributed by atoms with Crippen LogP contribution in [0.3, 0.4) is 0 Å². The second-order valence-corrected chi connectivity index (χ2v) is 9.02. The largest absolute Gasteiger partial charge is 0.354 e. The zero-order chi connectivity index (χ0) is 21.4. The molecular weight excluding hydrogens is 370 g/mol. The van der Waals surface area contributed by atoms with Crippen LogP contribution < -0.4 is 0 Å². The standard InChI is InChI=1S/C26H33N3O/c1-6-24(30)29-11-9-19(10-12-29)20-7-8-23-22(15-20)25(16(2)3)26(28-23)21-13-17(4)27-18(5)14-21/h7-8,13-16,19,28H,6,9-12H2,1-5H3. The van der Waals surface area contributed by atoms with Crippen molar-refractivity contribution in [2.45, 2.75) is 65.7 Å². The first-order chi connectivity index (χ1) is 14.4. The van der Waals surface area contributed by atoms with Gasteiger partial charge in [0.1, 0.15) is 0 Å². The summed E-state index contributed by atoms with van der Waals surface area (Å²) in [6, 6.07) is 11.3. The number of hydrogen-bond donors (Lipinski definition) is 1. The minimum absolute atomic E-state index is 0.282. The maximum Gasteiger partial charge on any atom is 0.222 e. The summed E-state index contributed by atoms with van der Waals surface area (Å²) in [6.45, 7) is 12.4. The predicted molar refractivity (Wildman–Crippen MR) is 124 cm³/mol. The van der Waals surface area contributed by atoms with E-state index in [0.29, 0.717) is 18.3 Å². The molecule has 4 rings (SSSR count). The first kappa shape index (κ1) is 20.6. The van der Waals surface area contributed by atoms with Gasteiger partial charge >= 0.3 is 0 Å². The van der Waals surface area contributed by atoms with Crippen molar-refractivity contribution in [3.05, 3.63) is 52.8 Å². The Morgan fingerprint density at radius 1 is 1.13 bits per heavy atom. The molecule has 0 atom stereocenters. The Bertz CT molecular complexity index is 1050. The van der Waals surface area contributed by atoms with E-state index in [1.54, 1.807) is 0 Å². The van der Waals surface area contributed by atoms with E-state index < -0.39 is 0 Å². The number of aromatic amines is 1. The summed E-state index contributed by atoms with van der Waals surface area (Å²) < 4.78 is 0. The van der Waals surface area contributed by atoms with Crippen LogP contribution in [0.5, 0.6) is 0 Å². The van der Waals surface area contributed by atoms with E-state index in [9.17, 15) is 4.79 Å². The van der Waals surface area contributed by atoms with Gasteiger partial charge in [-0.1, -0.05) is 26.8 Å². The molecule has 3 heterocycles. The Morgan fingerprint density at radius 3 is 2.40 bits per heavy atom. The third-order valence-corrected chi connectivity index (χ3v) is 6.43. The molecule has 1 aliphatic heterocycles.